The molecule has 1 fully saturated rings. The Morgan fingerprint density at radius 2 is 2.14 bits per heavy atom. The maximum Gasteiger partial charge on any atom is 0.306 e. The van der Waals surface area contributed by atoms with Gasteiger partial charge in [0.1, 0.15) is 11.7 Å². The smallest absolute Gasteiger partial charge is 0.306 e. The van der Waals surface area contributed by atoms with Crippen LogP contribution >= 0.6 is 0 Å². The number of halogens is 1. The van der Waals surface area contributed by atoms with Gasteiger partial charge >= 0.3 is 5.97 Å². The third-order valence-electron chi connectivity index (χ3n) is 4.31. The summed E-state index contributed by atoms with van der Waals surface area (Å²) in [5.74, 6) is -0.707. The van der Waals surface area contributed by atoms with Gasteiger partial charge in [0.05, 0.1) is 17.2 Å². The van der Waals surface area contributed by atoms with Crippen molar-refractivity contribution in [1.82, 2.24) is 5.32 Å². The van der Waals surface area contributed by atoms with Crippen molar-refractivity contribution in [3.05, 3.63) is 29.6 Å². The van der Waals surface area contributed by atoms with Crippen molar-refractivity contribution in [2.75, 3.05) is 31.1 Å². The summed E-state index contributed by atoms with van der Waals surface area (Å²) in [6.45, 7) is 2.76. The summed E-state index contributed by atoms with van der Waals surface area (Å²) < 4.78 is 14.4. The monoisotopic (exact) mass is 305 g/mol. The maximum atomic E-state index is 14.4. The number of aliphatic imine (C=N–C) groups is 1. The molecule has 3 rings (SSSR count). The zero-order valence-electron chi connectivity index (χ0n) is 12.4. The van der Waals surface area contributed by atoms with Gasteiger partial charge in [-0.2, -0.15) is 0 Å². The lowest BCUT2D eigenvalue weighted by Gasteiger charge is -2.33. The SMILES string of the molecule is O=C(O)C1CCN(c2cccc(F)c2C2=NCCCN2)CC1. The van der Waals surface area contributed by atoms with E-state index in [-0.39, 0.29) is 11.7 Å². The molecule has 5 nitrogen and oxygen atoms in total. The van der Waals surface area contributed by atoms with Crippen molar-refractivity contribution >= 4 is 17.5 Å². The number of carbonyl (C=O) groups is 1. The predicted molar refractivity (Wildman–Crippen MR) is 83.0 cm³/mol. The van der Waals surface area contributed by atoms with Crippen molar-refractivity contribution in [3.63, 3.8) is 0 Å². The van der Waals surface area contributed by atoms with Crippen LogP contribution in [0, 0.1) is 11.7 Å². The molecule has 2 aliphatic rings. The van der Waals surface area contributed by atoms with Gasteiger partial charge in [0, 0.05) is 26.2 Å². The van der Waals surface area contributed by atoms with Crippen LogP contribution in [0.25, 0.3) is 0 Å². The topological polar surface area (TPSA) is 64.9 Å². The lowest BCUT2D eigenvalue weighted by Crippen LogP contribution is -2.39. The Labute approximate surface area is 128 Å². The highest BCUT2D eigenvalue weighted by Crippen LogP contribution is 2.28. The van der Waals surface area contributed by atoms with Gasteiger partial charge in [-0.1, -0.05) is 6.07 Å². The fourth-order valence-corrected chi connectivity index (χ4v) is 3.08. The molecule has 22 heavy (non-hydrogen) atoms. The summed E-state index contributed by atoms with van der Waals surface area (Å²) in [6, 6.07) is 5.03. The van der Waals surface area contributed by atoms with Crippen LogP contribution in [-0.4, -0.2) is 43.1 Å². The predicted octanol–water partition coefficient (Wildman–Crippen LogP) is 1.87. The van der Waals surface area contributed by atoms with Crippen LogP contribution in [0.4, 0.5) is 10.1 Å². The molecule has 0 atom stereocenters. The van der Waals surface area contributed by atoms with Gasteiger partial charge in [0.15, 0.2) is 0 Å². The van der Waals surface area contributed by atoms with Gasteiger partial charge in [0.25, 0.3) is 0 Å². The number of nitrogens with zero attached hydrogens (tertiary/aromatic N) is 2. The van der Waals surface area contributed by atoms with Gasteiger partial charge < -0.3 is 15.3 Å². The highest BCUT2D eigenvalue weighted by Gasteiger charge is 2.27. The molecule has 0 bridgehead atoms. The third-order valence-corrected chi connectivity index (χ3v) is 4.31. The number of benzene rings is 1. The van der Waals surface area contributed by atoms with Crippen LogP contribution in [0.15, 0.2) is 23.2 Å². The fraction of sp³-hybridized carbons (Fsp3) is 0.500. The largest absolute Gasteiger partial charge is 0.481 e. The summed E-state index contributed by atoms with van der Waals surface area (Å²) in [4.78, 5) is 17.5. The standard InChI is InChI=1S/C16H20FN3O2/c17-12-3-1-4-13(14(12)15-18-7-2-8-19-15)20-9-5-11(6-10-20)16(21)22/h1,3-4,11H,2,5-10H2,(H,18,19)(H,21,22). The summed E-state index contributed by atoms with van der Waals surface area (Å²) in [7, 11) is 0. The highest BCUT2D eigenvalue weighted by molar-refractivity contribution is 6.04. The molecular formula is C16H20FN3O2. The Morgan fingerprint density at radius 1 is 1.36 bits per heavy atom. The minimum absolute atomic E-state index is 0.286. The molecule has 1 aromatic carbocycles. The number of rotatable bonds is 3. The molecule has 0 unspecified atom stereocenters. The molecule has 118 valence electrons. The van der Waals surface area contributed by atoms with E-state index in [4.69, 9.17) is 5.11 Å². The average Bonchev–Trinajstić information content (AvgIpc) is 2.55. The van der Waals surface area contributed by atoms with Crippen molar-refractivity contribution in [1.29, 1.82) is 0 Å². The zero-order chi connectivity index (χ0) is 15.5. The molecule has 0 radical (unpaired) electrons. The van der Waals surface area contributed by atoms with Crippen LogP contribution in [-0.2, 0) is 4.79 Å². The summed E-state index contributed by atoms with van der Waals surface area (Å²) in [5.41, 5.74) is 1.31. The minimum atomic E-state index is -0.738. The lowest BCUT2D eigenvalue weighted by molar-refractivity contribution is -0.142. The van der Waals surface area contributed by atoms with Crippen molar-refractivity contribution < 1.29 is 14.3 Å². The second kappa shape index (κ2) is 6.34. The van der Waals surface area contributed by atoms with Gasteiger partial charge in [-0.25, -0.2) is 4.39 Å². The third kappa shape index (κ3) is 2.91. The van der Waals surface area contributed by atoms with Crippen LogP contribution in [0.3, 0.4) is 0 Å². The van der Waals surface area contributed by atoms with Crippen LogP contribution in [0.1, 0.15) is 24.8 Å². The molecule has 0 spiro atoms. The first-order valence-corrected chi connectivity index (χ1v) is 7.72. The number of carboxylic acids is 1. The van der Waals surface area contributed by atoms with E-state index in [2.05, 4.69) is 15.2 Å². The number of carboxylic acid groups (broad SMARTS) is 1. The van der Waals surface area contributed by atoms with Gasteiger partial charge in [0.2, 0.25) is 0 Å². The van der Waals surface area contributed by atoms with E-state index < -0.39 is 5.97 Å². The lowest BCUT2D eigenvalue weighted by atomic mass is 9.96. The molecule has 2 aliphatic heterocycles. The van der Waals surface area contributed by atoms with Crippen LogP contribution in [0.5, 0.6) is 0 Å². The van der Waals surface area contributed by atoms with Crippen LogP contribution < -0.4 is 10.2 Å². The first-order valence-electron chi connectivity index (χ1n) is 7.72. The maximum absolute atomic E-state index is 14.4. The van der Waals surface area contributed by atoms with E-state index >= 15 is 0 Å². The Bertz CT molecular complexity index is 595. The second-order valence-electron chi connectivity index (χ2n) is 5.74. The number of aliphatic carboxylic acids is 1. The summed E-state index contributed by atoms with van der Waals surface area (Å²) in [5, 5.41) is 12.3. The molecule has 6 heteroatoms. The summed E-state index contributed by atoms with van der Waals surface area (Å²) >= 11 is 0. The number of hydrogen-bond donors (Lipinski definition) is 2. The molecule has 0 amide bonds. The number of piperidine rings is 1. The van der Waals surface area contributed by atoms with Crippen molar-refractivity contribution in [2.24, 2.45) is 10.9 Å². The van der Waals surface area contributed by atoms with Crippen molar-refractivity contribution in [2.45, 2.75) is 19.3 Å². The molecule has 1 aromatic rings. The molecule has 2 heterocycles. The number of amidine groups is 1. The van der Waals surface area contributed by atoms with E-state index in [0.29, 0.717) is 43.9 Å². The zero-order valence-corrected chi connectivity index (χ0v) is 12.4. The average molecular weight is 305 g/mol. The Morgan fingerprint density at radius 3 is 2.77 bits per heavy atom. The molecule has 2 N–H and O–H groups in total. The Balaban J connectivity index is 1.87. The van der Waals surface area contributed by atoms with Crippen molar-refractivity contribution in [3.8, 4) is 0 Å². The van der Waals surface area contributed by atoms with Gasteiger partial charge in [-0.15, -0.1) is 0 Å². The first kappa shape index (κ1) is 14.8. The molecule has 0 aromatic heterocycles. The molecular weight excluding hydrogens is 285 g/mol. The van der Waals surface area contributed by atoms with E-state index in [9.17, 15) is 9.18 Å². The van der Waals surface area contributed by atoms with E-state index in [1.54, 1.807) is 6.07 Å². The van der Waals surface area contributed by atoms with E-state index in [1.165, 1.54) is 6.07 Å². The first-order chi connectivity index (χ1) is 10.7. The Kier molecular flexibility index (Phi) is 4.27. The second-order valence-corrected chi connectivity index (χ2v) is 5.74. The van der Waals surface area contributed by atoms with Gasteiger partial charge in [-0.05, 0) is 31.4 Å². The number of hydrogen-bond acceptors (Lipinski definition) is 4. The highest BCUT2D eigenvalue weighted by atomic mass is 19.1. The number of nitrogens with one attached hydrogen (secondary N) is 1. The minimum Gasteiger partial charge on any atom is -0.481 e. The number of anilines is 1. The van der Waals surface area contributed by atoms with E-state index in [1.807, 2.05) is 6.07 Å². The van der Waals surface area contributed by atoms with E-state index in [0.717, 1.165) is 18.7 Å². The van der Waals surface area contributed by atoms with Gasteiger partial charge in [-0.3, -0.25) is 9.79 Å². The summed E-state index contributed by atoms with van der Waals surface area (Å²) in [6.07, 6.45) is 2.13. The molecule has 0 aliphatic carbocycles. The molecule has 1 saturated heterocycles. The Hall–Kier alpha value is -2.11. The molecule has 0 saturated carbocycles. The van der Waals surface area contributed by atoms with Crippen LogP contribution in [0.2, 0.25) is 0 Å². The normalized spacial score (nSPS) is 19.5. The fourth-order valence-electron chi connectivity index (χ4n) is 3.08. The quantitative estimate of drug-likeness (QED) is 0.895.